The average molecular weight is 532 g/mol. The van der Waals surface area contributed by atoms with Crippen molar-refractivity contribution in [2.24, 2.45) is 17.3 Å². The van der Waals surface area contributed by atoms with E-state index in [2.05, 4.69) is 11.1 Å². The number of nitrogens with zero attached hydrogens (tertiary/aromatic N) is 1. The molecule has 0 unspecified atom stereocenters. The number of aliphatic hydroxyl groups excluding tert-OH is 3. The van der Waals surface area contributed by atoms with Crippen molar-refractivity contribution in [2.45, 2.75) is 98.1 Å². The van der Waals surface area contributed by atoms with Gasteiger partial charge in [0, 0.05) is 12.3 Å². The number of esters is 1. The molecule has 204 valence electrons. The fraction of sp³-hybridized carbons (Fsp3) is 0.621. The predicted octanol–water partition coefficient (Wildman–Crippen LogP) is 5.26. The molecule has 1 aromatic carbocycles. The first-order valence-electron chi connectivity index (χ1n) is 13.2. The van der Waals surface area contributed by atoms with Crippen LogP contribution in [-0.2, 0) is 20.9 Å². The van der Waals surface area contributed by atoms with Crippen LogP contribution in [0.1, 0.15) is 89.8 Å². The van der Waals surface area contributed by atoms with Crippen LogP contribution in [0, 0.1) is 17.3 Å². The fourth-order valence-electron chi connectivity index (χ4n) is 5.04. The lowest BCUT2D eigenvalue weighted by Gasteiger charge is -2.35. The first-order valence-corrected chi connectivity index (χ1v) is 14.0. The number of rotatable bonds is 3. The Hall–Kier alpha value is -2.13. The molecule has 1 aliphatic rings. The molecular formula is C29H41NO6S. The van der Waals surface area contributed by atoms with Gasteiger partial charge in [-0.3, -0.25) is 9.59 Å². The number of Topliss-reactive ketones (excluding diaryl/α,β-unsaturated/α-hetero) is 1. The number of hydrogen-bond donors (Lipinski definition) is 3. The first kappa shape index (κ1) is 29.4. The molecule has 3 N–H and O–H groups in total. The van der Waals surface area contributed by atoms with Crippen LogP contribution in [-0.4, -0.2) is 44.3 Å². The van der Waals surface area contributed by atoms with Gasteiger partial charge in [0.2, 0.25) is 0 Å². The zero-order chi connectivity index (χ0) is 27.3. The highest BCUT2D eigenvalue weighted by molar-refractivity contribution is 7.18. The van der Waals surface area contributed by atoms with Crippen molar-refractivity contribution in [1.29, 1.82) is 0 Å². The Labute approximate surface area is 223 Å². The van der Waals surface area contributed by atoms with Crippen LogP contribution in [0.5, 0.6) is 0 Å². The molecule has 3 rings (SSSR count). The second-order valence-electron chi connectivity index (χ2n) is 10.9. The molecule has 0 aliphatic carbocycles. The first-order chi connectivity index (χ1) is 17.5. The van der Waals surface area contributed by atoms with Gasteiger partial charge in [0.05, 0.1) is 40.9 Å². The molecule has 0 fully saturated rings. The maximum atomic E-state index is 13.4. The number of carbonyl (C=O) groups is 2. The molecule has 0 saturated heterocycles. The quantitative estimate of drug-likeness (QED) is 0.365. The van der Waals surface area contributed by atoms with Crippen molar-refractivity contribution in [3.63, 3.8) is 0 Å². The van der Waals surface area contributed by atoms with Crippen molar-refractivity contribution in [3.8, 4) is 0 Å². The number of benzene rings is 1. The Morgan fingerprint density at radius 3 is 2.62 bits per heavy atom. The molecule has 0 saturated carbocycles. The summed E-state index contributed by atoms with van der Waals surface area (Å²) in [5.41, 5.74) is 1.47. The summed E-state index contributed by atoms with van der Waals surface area (Å²) in [6, 6.07) is 5.70. The highest BCUT2D eigenvalue weighted by Crippen LogP contribution is 2.35. The van der Waals surface area contributed by atoms with E-state index in [1.54, 1.807) is 13.8 Å². The van der Waals surface area contributed by atoms with E-state index in [1.165, 1.54) is 11.3 Å². The molecule has 1 aliphatic heterocycles. The minimum absolute atomic E-state index is 0.0612. The predicted molar refractivity (Wildman–Crippen MR) is 145 cm³/mol. The second kappa shape index (κ2) is 12.6. The molecule has 37 heavy (non-hydrogen) atoms. The Bertz CT molecular complexity index is 1120. The van der Waals surface area contributed by atoms with Crippen LogP contribution in [0.15, 0.2) is 29.8 Å². The van der Waals surface area contributed by atoms with Crippen LogP contribution >= 0.6 is 11.3 Å². The number of ether oxygens (including phenoxy) is 1. The van der Waals surface area contributed by atoms with E-state index in [1.807, 2.05) is 39.0 Å². The third kappa shape index (κ3) is 7.05. The highest BCUT2D eigenvalue weighted by Gasteiger charge is 2.43. The number of cyclic esters (lactones) is 1. The third-order valence-electron chi connectivity index (χ3n) is 7.75. The largest absolute Gasteiger partial charge is 0.457 e. The van der Waals surface area contributed by atoms with E-state index in [9.17, 15) is 24.9 Å². The lowest BCUT2D eigenvalue weighted by Crippen LogP contribution is -2.46. The third-order valence-corrected chi connectivity index (χ3v) is 8.77. The topological polar surface area (TPSA) is 117 Å². The van der Waals surface area contributed by atoms with E-state index >= 15 is 0 Å². The van der Waals surface area contributed by atoms with Crippen LogP contribution in [0.2, 0.25) is 0 Å². The number of ketones is 1. The summed E-state index contributed by atoms with van der Waals surface area (Å²) in [6.45, 7) is 9.02. The lowest BCUT2D eigenvalue weighted by molar-refractivity contribution is -0.156. The summed E-state index contributed by atoms with van der Waals surface area (Å²) >= 11 is 1.42. The molecule has 2 aromatic rings. The van der Waals surface area contributed by atoms with Gasteiger partial charge in [-0.1, -0.05) is 45.4 Å². The van der Waals surface area contributed by atoms with E-state index < -0.39 is 35.6 Å². The average Bonchev–Trinajstić information content (AvgIpc) is 3.28. The van der Waals surface area contributed by atoms with E-state index in [0.29, 0.717) is 17.8 Å². The number of hydrogen-bond acceptors (Lipinski definition) is 8. The molecule has 2 heterocycles. The monoisotopic (exact) mass is 531 g/mol. The number of fused-ring (bicyclic) bond motifs is 1. The molecular weight excluding hydrogens is 490 g/mol. The van der Waals surface area contributed by atoms with Gasteiger partial charge < -0.3 is 20.1 Å². The van der Waals surface area contributed by atoms with E-state index in [4.69, 9.17) is 4.74 Å². The summed E-state index contributed by atoms with van der Waals surface area (Å²) in [7, 11) is 0. The smallest absolute Gasteiger partial charge is 0.309 e. The summed E-state index contributed by atoms with van der Waals surface area (Å²) in [5.74, 6) is -1.49. The number of aliphatic hydroxyl groups is 3. The fourth-order valence-corrected chi connectivity index (χ4v) is 5.84. The Kier molecular flexibility index (Phi) is 10.0. The number of carbonyl (C=O) groups excluding carboxylic acids is 2. The normalized spacial score (nSPS) is 30.1. The van der Waals surface area contributed by atoms with Crippen LogP contribution < -0.4 is 0 Å². The second-order valence-corrected chi connectivity index (χ2v) is 12.1. The molecule has 0 spiro atoms. The van der Waals surface area contributed by atoms with Crippen molar-refractivity contribution in [1.82, 2.24) is 4.98 Å². The molecule has 0 amide bonds. The van der Waals surface area contributed by atoms with Crippen molar-refractivity contribution in [3.05, 3.63) is 40.4 Å². The van der Waals surface area contributed by atoms with Crippen molar-refractivity contribution >= 4 is 33.3 Å². The molecule has 8 heteroatoms. The van der Waals surface area contributed by atoms with Gasteiger partial charge >= 0.3 is 5.97 Å². The maximum Gasteiger partial charge on any atom is 0.309 e. The van der Waals surface area contributed by atoms with Crippen molar-refractivity contribution < 1.29 is 29.6 Å². The standard InChI is InChI=1S/C29H41NO6S/c1-6-20-27(34)18(3)9-7-8-17(2)10-12-22(36-26(33)15-24(32)29(4,5)28(20)35)19-11-13-23-21(14-19)30-25(16-31)37-23/h10-11,13-14,18,20,22,24,27,31-32,34H,6-9,12,15-16H2,1-5H3/b17-10-/t18-,20+,22-,24-,27-/m0/s1. The highest BCUT2D eigenvalue weighted by atomic mass is 32.1. The lowest BCUT2D eigenvalue weighted by atomic mass is 9.71. The zero-order valence-electron chi connectivity index (χ0n) is 22.6. The maximum absolute atomic E-state index is 13.4. The van der Waals surface area contributed by atoms with Gasteiger partial charge in [-0.25, -0.2) is 4.98 Å². The minimum atomic E-state index is -1.25. The van der Waals surface area contributed by atoms with Crippen LogP contribution in [0.25, 0.3) is 10.2 Å². The summed E-state index contributed by atoms with van der Waals surface area (Å²) in [5, 5.41) is 32.0. The SMILES string of the molecule is CC[C@H]1C(=O)C(C)(C)[C@@H](O)CC(=O)O[C@H](c2ccc3sc(CO)nc3c2)C/C=C(/C)CCC[C@H](C)[C@@H]1O. The summed E-state index contributed by atoms with van der Waals surface area (Å²) < 4.78 is 6.82. The van der Waals surface area contributed by atoms with Gasteiger partial charge in [0.1, 0.15) is 16.9 Å². The summed E-state index contributed by atoms with van der Waals surface area (Å²) in [6.07, 6.45) is 2.56. The van der Waals surface area contributed by atoms with Crippen molar-refractivity contribution in [2.75, 3.05) is 0 Å². The van der Waals surface area contributed by atoms with Crippen LogP contribution in [0.4, 0.5) is 0 Å². The van der Waals surface area contributed by atoms with Crippen LogP contribution in [0.3, 0.4) is 0 Å². The van der Waals surface area contributed by atoms with Gasteiger partial charge in [-0.05, 0) is 56.2 Å². The number of aromatic nitrogens is 1. The van der Waals surface area contributed by atoms with Gasteiger partial charge in [-0.15, -0.1) is 11.3 Å². The molecule has 7 nitrogen and oxygen atoms in total. The molecule has 5 atom stereocenters. The van der Waals surface area contributed by atoms with E-state index in [0.717, 1.165) is 40.6 Å². The van der Waals surface area contributed by atoms with E-state index in [-0.39, 0.29) is 24.7 Å². The Morgan fingerprint density at radius 1 is 1.22 bits per heavy atom. The zero-order valence-corrected chi connectivity index (χ0v) is 23.4. The van der Waals surface area contributed by atoms with Gasteiger partial charge in [-0.2, -0.15) is 0 Å². The Balaban J connectivity index is 1.93. The number of allylic oxidation sites excluding steroid dienone is 1. The molecule has 1 aromatic heterocycles. The minimum Gasteiger partial charge on any atom is -0.457 e. The van der Waals surface area contributed by atoms with Gasteiger partial charge in [0.15, 0.2) is 0 Å². The molecule has 0 radical (unpaired) electrons. The van der Waals surface area contributed by atoms with Gasteiger partial charge in [0.25, 0.3) is 0 Å². The Morgan fingerprint density at radius 2 is 1.95 bits per heavy atom. The summed E-state index contributed by atoms with van der Waals surface area (Å²) in [4.78, 5) is 30.9. The number of thiazole rings is 1. The molecule has 0 bridgehead atoms.